The average Bonchev–Trinajstić information content (AvgIpc) is 2.82. The predicted octanol–water partition coefficient (Wildman–Crippen LogP) is 3.13. The summed E-state index contributed by atoms with van der Waals surface area (Å²) in [5.41, 5.74) is 11.3. The molecule has 0 saturated heterocycles. The number of anilines is 2. The number of hydrogen-bond donors (Lipinski definition) is 4. The third-order valence-corrected chi connectivity index (χ3v) is 5.68. The van der Waals surface area contributed by atoms with Gasteiger partial charge in [-0.3, -0.25) is 9.59 Å². The van der Waals surface area contributed by atoms with E-state index in [4.69, 9.17) is 16.2 Å². The van der Waals surface area contributed by atoms with E-state index in [0.29, 0.717) is 23.5 Å². The Morgan fingerprint density at radius 3 is 2.06 bits per heavy atom. The summed E-state index contributed by atoms with van der Waals surface area (Å²) < 4.78 is 31.9. The van der Waals surface area contributed by atoms with Crippen LogP contribution in [-0.4, -0.2) is 30.4 Å². The maximum Gasteiger partial charge on any atom is 0.334 e. The Morgan fingerprint density at radius 1 is 0.971 bits per heavy atom. The molecule has 1 unspecified atom stereocenters. The second kappa shape index (κ2) is 10.8. The lowest BCUT2D eigenvalue weighted by Crippen LogP contribution is -2.47. The molecule has 0 spiro atoms. The fourth-order valence-electron chi connectivity index (χ4n) is 4.00. The monoisotopic (exact) mass is 484 g/mol. The van der Waals surface area contributed by atoms with E-state index < -0.39 is 35.0 Å². The van der Waals surface area contributed by atoms with Crippen molar-refractivity contribution in [1.29, 1.82) is 0 Å². The normalized spacial score (nSPS) is 17.4. The summed E-state index contributed by atoms with van der Waals surface area (Å²) >= 11 is 0. The SMILES string of the molecule is COC(=O)C1=C(C(N)=O)C=C(Nc2ccc(F)cc2)C(CCCC(N)=O)(Nc2ccc(F)cc2)C1. The maximum atomic E-state index is 13.5. The molecular weight excluding hydrogens is 458 g/mol. The number of nitrogens with one attached hydrogen (secondary N) is 2. The smallest absolute Gasteiger partial charge is 0.334 e. The predicted molar refractivity (Wildman–Crippen MR) is 127 cm³/mol. The van der Waals surface area contributed by atoms with Crippen molar-refractivity contribution in [3.8, 4) is 0 Å². The highest BCUT2D eigenvalue weighted by atomic mass is 19.1. The number of methoxy groups -OCH3 is 1. The lowest BCUT2D eigenvalue weighted by molar-refractivity contribution is -0.136. The standard InChI is InChI=1S/C25H26F2N4O4/c1-35-24(34)20-14-25(12-2-3-22(28)32,31-18-10-6-16(27)7-11-18)21(13-19(20)23(29)33)30-17-8-4-15(26)5-9-17/h4-11,13,30-31H,2-3,12,14H2,1H3,(H2,28,32)(H2,29,33). The van der Waals surface area contributed by atoms with Crippen LogP contribution in [0.1, 0.15) is 25.7 Å². The summed E-state index contributed by atoms with van der Waals surface area (Å²) in [5.74, 6) is -2.95. The molecule has 2 aromatic carbocycles. The molecule has 2 amide bonds. The van der Waals surface area contributed by atoms with Crippen molar-refractivity contribution in [3.05, 3.63) is 83.1 Å². The summed E-state index contributed by atoms with van der Waals surface area (Å²) in [6.07, 6.45) is 2.05. The number of ether oxygens (including phenoxy) is 1. The highest BCUT2D eigenvalue weighted by Crippen LogP contribution is 2.40. The Kier molecular flexibility index (Phi) is 7.85. The lowest BCUT2D eigenvalue weighted by Gasteiger charge is -2.41. The Bertz CT molecular complexity index is 1180. The van der Waals surface area contributed by atoms with Crippen LogP contribution in [0.5, 0.6) is 0 Å². The first-order valence-electron chi connectivity index (χ1n) is 10.8. The van der Waals surface area contributed by atoms with Gasteiger partial charge < -0.3 is 26.8 Å². The van der Waals surface area contributed by atoms with E-state index in [2.05, 4.69) is 10.6 Å². The van der Waals surface area contributed by atoms with Gasteiger partial charge >= 0.3 is 5.97 Å². The van der Waals surface area contributed by atoms with Crippen LogP contribution >= 0.6 is 0 Å². The Labute approximate surface area is 201 Å². The summed E-state index contributed by atoms with van der Waals surface area (Å²) in [5, 5.41) is 6.51. The van der Waals surface area contributed by atoms with Gasteiger partial charge in [0.05, 0.1) is 23.8 Å². The van der Waals surface area contributed by atoms with Gasteiger partial charge in [-0.15, -0.1) is 0 Å². The van der Waals surface area contributed by atoms with Gasteiger partial charge in [0.1, 0.15) is 11.6 Å². The van der Waals surface area contributed by atoms with Gasteiger partial charge in [-0.05, 0) is 67.4 Å². The van der Waals surface area contributed by atoms with Crippen molar-refractivity contribution in [1.82, 2.24) is 0 Å². The molecule has 10 heteroatoms. The van der Waals surface area contributed by atoms with Gasteiger partial charge in [0.15, 0.2) is 0 Å². The summed E-state index contributed by atoms with van der Waals surface area (Å²) in [6, 6.07) is 11.1. The first kappa shape index (κ1) is 25.4. The van der Waals surface area contributed by atoms with E-state index in [9.17, 15) is 23.2 Å². The second-order valence-electron chi connectivity index (χ2n) is 8.15. The van der Waals surface area contributed by atoms with Gasteiger partial charge in [-0.1, -0.05) is 0 Å². The molecule has 3 rings (SSSR count). The van der Waals surface area contributed by atoms with Gasteiger partial charge in [0, 0.05) is 29.9 Å². The third kappa shape index (κ3) is 6.23. The summed E-state index contributed by atoms with van der Waals surface area (Å²) in [6.45, 7) is 0. The summed E-state index contributed by atoms with van der Waals surface area (Å²) in [4.78, 5) is 36.3. The molecule has 0 bridgehead atoms. The number of benzene rings is 2. The van der Waals surface area contributed by atoms with E-state index in [1.54, 1.807) is 0 Å². The minimum Gasteiger partial charge on any atom is -0.466 e. The first-order chi connectivity index (χ1) is 16.6. The van der Waals surface area contributed by atoms with E-state index in [1.165, 1.54) is 61.7 Å². The van der Waals surface area contributed by atoms with Crippen LogP contribution in [0.4, 0.5) is 20.2 Å². The molecule has 2 aromatic rings. The second-order valence-corrected chi connectivity index (χ2v) is 8.15. The largest absolute Gasteiger partial charge is 0.466 e. The number of halogens is 2. The van der Waals surface area contributed by atoms with Crippen molar-refractivity contribution >= 4 is 29.2 Å². The highest BCUT2D eigenvalue weighted by Gasteiger charge is 2.42. The molecule has 0 heterocycles. The molecule has 8 nitrogen and oxygen atoms in total. The van der Waals surface area contributed by atoms with E-state index >= 15 is 0 Å². The average molecular weight is 485 g/mol. The molecule has 0 saturated carbocycles. The van der Waals surface area contributed by atoms with Crippen LogP contribution in [-0.2, 0) is 19.1 Å². The Morgan fingerprint density at radius 2 is 1.54 bits per heavy atom. The van der Waals surface area contributed by atoms with Gasteiger partial charge in [-0.25, -0.2) is 13.6 Å². The molecule has 1 aliphatic rings. The van der Waals surface area contributed by atoms with Crippen LogP contribution in [0.3, 0.4) is 0 Å². The van der Waals surface area contributed by atoms with E-state index in [-0.39, 0.29) is 30.4 Å². The minimum atomic E-state index is -1.09. The van der Waals surface area contributed by atoms with Crippen molar-refractivity contribution in [2.45, 2.75) is 31.2 Å². The number of hydrogen-bond acceptors (Lipinski definition) is 6. The molecule has 0 fully saturated rings. The van der Waals surface area contributed by atoms with Crippen LogP contribution < -0.4 is 22.1 Å². The number of primary amides is 2. The van der Waals surface area contributed by atoms with Crippen LogP contribution in [0.2, 0.25) is 0 Å². The molecule has 1 aliphatic carbocycles. The minimum absolute atomic E-state index is 0.0401. The van der Waals surface area contributed by atoms with E-state index in [0.717, 1.165) is 0 Å². The van der Waals surface area contributed by atoms with Crippen LogP contribution in [0.15, 0.2) is 71.5 Å². The summed E-state index contributed by atoms with van der Waals surface area (Å²) in [7, 11) is 1.19. The fraction of sp³-hybridized carbons (Fsp3) is 0.240. The van der Waals surface area contributed by atoms with Crippen LogP contribution in [0.25, 0.3) is 0 Å². The zero-order valence-corrected chi connectivity index (χ0v) is 19.1. The zero-order chi connectivity index (χ0) is 25.6. The Hall–Kier alpha value is -4.21. The number of carbonyl (C=O) groups is 3. The number of rotatable bonds is 10. The molecule has 184 valence electrons. The fourth-order valence-corrected chi connectivity index (χ4v) is 4.00. The topological polar surface area (TPSA) is 137 Å². The molecule has 0 aromatic heterocycles. The number of esters is 1. The highest BCUT2D eigenvalue weighted by molar-refractivity contribution is 6.05. The molecular formula is C25H26F2N4O4. The molecule has 35 heavy (non-hydrogen) atoms. The molecule has 0 radical (unpaired) electrons. The molecule has 0 aliphatic heterocycles. The zero-order valence-electron chi connectivity index (χ0n) is 19.1. The Balaban J connectivity index is 2.15. The first-order valence-corrected chi connectivity index (χ1v) is 10.8. The van der Waals surface area contributed by atoms with E-state index in [1.807, 2.05) is 0 Å². The van der Waals surface area contributed by atoms with Crippen molar-refractivity contribution in [2.24, 2.45) is 11.5 Å². The number of amides is 2. The number of nitrogens with two attached hydrogens (primary N) is 2. The van der Waals surface area contributed by atoms with Crippen molar-refractivity contribution in [3.63, 3.8) is 0 Å². The lowest BCUT2D eigenvalue weighted by atomic mass is 9.76. The van der Waals surface area contributed by atoms with Gasteiger partial charge in [0.2, 0.25) is 11.8 Å². The van der Waals surface area contributed by atoms with Gasteiger partial charge in [-0.2, -0.15) is 0 Å². The van der Waals surface area contributed by atoms with Gasteiger partial charge in [0.25, 0.3) is 0 Å². The van der Waals surface area contributed by atoms with Crippen molar-refractivity contribution < 1.29 is 27.9 Å². The van der Waals surface area contributed by atoms with Crippen LogP contribution in [0, 0.1) is 11.6 Å². The van der Waals surface area contributed by atoms with Crippen molar-refractivity contribution in [2.75, 3.05) is 17.7 Å². The maximum absolute atomic E-state index is 13.5. The quantitative estimate of drug-likeness (QED) is 0.383. The number of carbonyl (C=O) groups excluding carboxylic acids is 3. The molecule has 6 N–H and O–H groups in total. The third-order valence-electron chi connectivity index (χ3n) is 5.68. The molecule has 1 atom stereocenters.